The van der Waals surface area contributed by atoms with E-state index in [-0.39, 0.29) is 5.91 Å². The Kier molecular flexibility index (Phi) is 5.93. The molecule has 26 heavy (non-hydrogen) atoms. The number of hydrogen-bond acceptors (Lipinski definition) is 4. The zero-order valence-corrected chi connectivity index (χ0v) is 15.9. The minimum Gasteiger partial charge on any atom is -0.497 e. The largest absolute Gasteiger partial charge is 0.497 e. The second-order valence-corrected chi connectivity index (χ2v) is 6.96. The number of benzene rings is 1. The summed E-state index contributed by atoms with van der Waals surface area (Å²) in [5.41, 5.74) is 3.27. The number of amides is 1. The van der Waals surface area contributed by atoms with Gasteiger partial charge in [0.05, 0.1) is 39.0 Å². The van der Waals surface area contributed by atoms with Gasteiger partial charge in [-0.05, 0) is 44.5 Å². The van der Waals surface area contributed by atoms with Gasteiger partial charge in [0.25, 0.3) is 0 Å². The molecule has 1 fully saturated rings. The van der Waals surface area contributed by atoms with Crippen LogP contribution in [0.5, 0.6) is 5.75 Å². The van der Waals surface area contributed by atoms with Crippen LogP contribution in [0, 0.1) is 13.8 Å². The van der Waals surface area contributed by atoms with Crippen molar-refractivity contribution in [3.63, 3.8) is 0 Å². The molecule has 0 unspecified atom stereocenters. The summed E-state index contributed by atoms with van der Waals surface area (Å²) >= 11 is 0. The lowest BCUT2D eigenvalue weighted by atomic mass is 10.1. The van der Waals surface area contributed by atoms with Crippen molar-refractivity contribution in [3.05, 3.63) is 46.8 Å². The Balaban J connectivity index is 1.44. The second-order valence-electron chi connectivity index (χ2n) is 6.96. The van der Waals surface area contributed by atoms with Crippen LogP contribution in [-0.2, 0) is 17.8 Å². The second kappa shape index (κ2) is 8.36. The number of piperazine rings is 1. The van der Waals surface area contributed by atoms with Gasteiger partial charge in [0, 0.05) is 17.5 Å². The van der Waals surface area contributed by atoms with Crippen LogP contribution in [0.3, 0.4) is 0 Å². The van der Waals surface area contributed by atoms with E-state index in [2.05, 4.69) is 17.3 Å². The lowest BCUT2D eigenvalue weighted by Gasteiger charge is -2.32. The van der Waals surface area contributed by atoms with Gasteiger partial charge in [-0.3, -0.25) is 4.79 Å². The average molecular weight is 358 g/mol. The summed E-state index contributed by atoms with van der Waals surface area (Å²) in [4.78, 5) is 16.0. The van der Waals surface area contributed by atoms with Gasteiger partial charge in [-0.25, -0.2) is 0 Å². The first-order valence-corrected chi connectivity index (χ1v) is 9.23. The Labute approximate surface area is 154 Å². The average Bonchev–Trinajstić information content (AvgIpc) is 2.99. The maximum Gasteiger partial charge on any atom is 0.223 e. The molecule has 1 amide bonds. The van der Waals surface area contributed by atoms with Crippen molar-refractivity contribution in [1.29, 1.82) is 0 Å². The topological polar surface area (TPSA) is 60.0 Å². The summed E-state index contributed by atoms with van der Waals surface area (Å²) in [6.45, 7) is 8.45. The molecule has 0 bridgehead atoms. The molecule has 1 aliphatic heterocycles. The van der Waals surface area contributed by atoms with Gasteiger partial charge in [0.1, 0.15) is 18.1 Å². The molecule has 0 spiro atoms. The molecule has 2 heterocycles. The van der Waals surface area contributed by atoms with E-state index in [9.17, 15) is 4.79 Å². The van der Waals surface area contributed by atoms with Gasteiger partial charge in [-0.15, -0.1) is 0 Å². The fourth-order valence-electron chi connectivity index (χ4n) is 3.53. The summed E-state index contributed by atoms with van der Waals surface area (Å²) < 4.78 is 10.4. The number of ether oxygens (including phenoxy) is 1. The number of quaternary nitrogens is 1. The minimum absolute atomic E-state index is 0.230. The van der Waals surface area contributed by atoms with Crippen LogP contribution in [0.15, 0.2) is 28.8 Å². The molecule has 1 aliphatic rings. The lowest BCUT2D eigenvalue weighted by molar-refractivity contribution is -0.917. The predicted octanol–water partition coefficient (Wildman–Crippen LogP) is 1.16. The zero-order valence-electron chi connectivity index (χ0n) is 15.9. The summed E-state index contributed by atoms with van der Waals surface area (Å²) in [7, 11) is 1.68. The van der Waals surface area contributed by atoms with Crippen LogP contribution in [0.2, 0.25) is 0 Å². The standard InChI is InChI=1S/C20H27N3O3/c1-15-19(16(2)26-21-15)8-9-20(24)23-12-10-22(11-13-23)14-17-4-6-18(25-3)7-5-17/h4-7H,8-14H2,1-3H3/p+1. The first-order valence-electron chi connectivity index (χ1n) is 9.23. The van der Waals surface area contributed by atoms with E-state index in [0.717, 1.165) is 55.5 Å². The van der Waals surface area contributed by atoms with Crippen LogP contribution in [-0.4, -0.2) is 49.3 Å². The Morgan fingerprint density at radius 3 is 2.50 bits per heavy atom. The third-order valence-electron chi connectivity index (χ3n) is 5.21. The monoisotopic (exact) mass is 358 g/mol. The molecule has 2 aromatic rings. The van der Waals surface area contributed by atoms with Gasteiger partial charge in [0.15, 0.2) is 0 Å². The maximum absolute atomic E-state index is 12.5. The van der Waals surface area contributed by atoms with Crippen molar-refractivity contribution in [1.82, 2.24) is 10.1 Å². The molecule has 140 valence electrons. The highest BCUT2D eigenvalue weighted by Gasteiger charge is 2.24. The minimum atomic E-state index is 0.230. The normalized spacial score (nSPS) is 15.3. The molecule has 1 saturated heterocycles. The van der Waals surface area contributed by atoms with Gasteiger partial charge in [-0.1, -0.05) is 5.16 Å². The van der Waals surface area contributed by atoms with Crippen molar-refractivity contribution in [3.8, 4) is 5.75 Å². The Morgan fingerprint density at radius 2 is 1.92 bits per heavy atom. The van der Waals surface area contributed by atoms with Crippen LogP contribution in [0.25, 0.3) is 0 Å². The van der Waals surface area contributed by atoms with Gasteiger partial charge >= 0.3 is 0 Å². The van der Waals surface area contributed by atoms with Crippen LogP contribution in [0.4, 0.5) is 0 Å². The van der Waals surface area contributed by atoms with E-state index in [1.807, 2.05) is 30.9 Å². The third kappa shape index (κ3) is 4.43. The maximum atomic E-state index is 12.5. The molecule has 1 aromatic heterocycles. The fraction of sp³-hybridized carbons (Fsp3) is 0.500. The van der Waals surface area contributed by atoms with Crippen LogP contribution >= 0.6 is 0 Å². The summed E-state index contributed by atoms with van der Waals surface area (Å²) in [6.07, 6.45) is 1.23. The summed E-state index contributed by atoms with van der Waals surface area (Å²) in [5.74, 6) is 1.94. The molecule has 1 aromatic carbocycles. The highest BCUT2D eigenvalue weighted by atomic mass is 16.5. The number of aryl methyl sites for hydroxylation is 2. The number of aromatic nitrogens is 1. The highest BCUT2D eigenvalue weighted by molar-refractivity contribution is 5.76. The van der Waals surface area contributed by atoms with E-state index in [1.165, 1.54) is 10.5 Å². The molecule has 0 atom stereocenters. The fourth-order valence-corrected chi connectivity index (χ4v) is 3.53. The number of nitrogens with zero attached hydrogens (tertiary/aromatic N) is 2. The number of carbonyl (C=O) groups excluding carboxylic acids is 1. The van der Waals surface area contributed by atoms with Gasteiger partial charge in [-0.2, -0.15) is 0 Å². The highest BCUT2D eigenvalue weighted by Crippen LogP contribution is 2.15. The van der Waals surface area contributed by atoms with E-state index in [1.54, 1.807) is 7.11 Å². The first kappa shape index (κ1) is 18.5. The summed E-state index contributed by atoms with van der Waals surface area (Å²) in [5, 5.41) is 3.96. The quantitative estimate of drug-likeness (QED) is 0.842. The number of hydrogen-bond donors (Lipinski definition) is 1. The van der Waals surface area contributed by atoms with Crippen molar-refractivity contribution in [2.75, 3.05) is 33.3 Å². The van der Waals surface area contributed by atoms with E-state index < -0.39 is 0 Å². The Hall–Kier alpha value is -2.34. The van der Waals surface area contributed by atoms with Crippen molar-refractivity contribution < 1.29 is 19.0 Å². The molecule has 6 heteroatoms. The van der Waals surface area contributed by atoms with E-state index >= 15 is 0 Å². The number of nitrogens with one attached hydrogen (secondary N) is 1. The van der Waals surface area contributed by atoms with Crippen LogP contribution < -0.4 is 9.64 Å². The third-order valence-corrected chi connectivity index (χ3v) is 5.21. The molecule has 0 saturated carbocycles. The van der Waals surface area contributed by atoms with Crippen molar-refractivity contribution >= 4 is 5.91 Å². The number of carbonyl (C=O) groups is 1. The Bertz CT molecular complexity index is 712. The van der Waals surface area contributed by atoms with Crippen LogP contribution in [0.1, 0.15) is 29.0 Å². The number of methoxy groups -OCH3 is 1. The summed E-state index contributed by atoms with van der Waals surface area (Å²) in [6, 6.07) is 8.24. The van der Waals surface area contributed by atoms with Crippen molar-refractivity contribution in [2.45, 2.75) is 33.2 Å². The van der Waals surface area contributed by atoms with Crippen molar-refractivity contribution in [2.24, 2.45) is 0 Å². The molecule has 6 nitrogen and oxygen atoms in total. The smallest absolute Gasteiger partial charge is 0.223 e. The molecule has 3 rings (SSSR count). The Morgan fingerprint density at radius 1 is 1.23 bits per heavy atom. The lowest BCUT2D eigenvalue weighted by Crippen LogP contribution is -3.13. The number of rotatable bonds is 6. The predicted molar refractivity (Wildman–Crippen MR) is 98.3 cm³/mol. The van der Waals surface area contributed by atoms with Gasteiger partial charge in [0.2, 0.25) is 5.91 Å². The SMILES string of the molecule is COc1ccc(C[NH+]2CCN(C(=O)CCc3c(C)noc3C)CC2)cc1. The molecular weight excluding hydrogens is 330 g/mol. The molecule has 0 aliphatic carbocycles. The van der Waals surface area contributed by atoms with E-state index in [4.69, 9.17) is 9.26 Å². The van der Waals surface area contributed by atoms with Gasteiger partial charge < -0.3 is 19.1 Å². The molecular formula is C20H28N3O3+. The molecule has 1 N–H and O–H groups in total. The first-order chi connectivity index (χ1) is 12.6. The molecule has 0 radical (unpaired) electrons. The zero-order chi connectivity index (χ0) is 18.5. The van der Waals surface area contributed by atoms with E-state index in [0.29, 0.717) is 12.8 Å².